The highest BCUT2D eigenvalue weighted by atomic mass is 19.4. The lowest BCUT2D eigenvalue weighted by Crippen LogP contribution is -2.34. The van der Waals surface area contributed by atoms with Crippen molar-refractivity contribution in [3.05, 3.63) is 29.8 Å². The van der Waals surface area contributed by atoms with Gasteiger partial charge in [-0.25, -0.2) is 0 Å². The van der Waals surface area contributed by atoms with Crippen LogP contribution in [-0.2, 0) is 6.42 Å². The van der Waals surface area contributed by atoms with Crippen molar-refractivity contribution >= 4 is 0 Å². The summed E-state index contributed by atoms with van der Waals surface area (Å²) in [6.07, 6.45) is -1.94. The Kier molecular flexibility index (Phi) is 7.02. The fraction of sp³-hybridized carbons (Fsp3) is 0.625. The van der Waals surface area contributed by atoms with Crippen molar-refractivity contribution in [1.82, 2.24) is 5.32 Å². The van der Waals surface area contributed by atoms with E-state index in [2.05, 4.69) is 30.8 Å². The number of halogens is 3. The van der Waals surface area contributed by atoms with E-state index in [-0.39, 0.29) is 5.75 Å². The van der Waals surface area contributed by atoms with Gasteiger partial charge in [-0.05, 0) is 49.4 Å². The molecule has 0 aliphatic carbocycles. The van der Waals surface area contributed by atoms with Gasteiger partial charge in [0.1, 0.15) is 5.75 Å². The molecule has 1 aromatic rings. The number of alkyl halides is 3. The first kappa shape index (κ1) is 17.8. The third-order valence-corrected chi connectivity index (χ3v) is 3.34. The SMILES string of the molecule is CCCNC(CCc1cccc(OC(F)(F)F)c1)C(C)C. The number of nitrogens with one attached hydrogen (secondary N) is 1. The quantitative estimate of drug-likeness (QED) is 0.761. The van der Waals surface area contributed by atoms with Crippen LogP contribution < -0.4 is 10.1 Å². The molecule has 0 spiro atoms. The van der Waals surface area contributed by atoms with E-state index in [0.29, 0.717) is 12.0 Å². The molecule has 1 aromatic carbocycles. The molecule has 1 N–H and O–H groups in total. The smallest absolute Gasteiger partial charge is 0.406 e. The average molecular weight is 303 g/mol. The highest BCUT2D eigenvalue weighted by Crippen LogP contribution is 2.24. The van der Waals surface area contributed by atoms with E-state index in [1.807, 2.05) is 6.07 Å². The molecule has 0 aliphatic rings. The Balaban J connectivity index is 2.59. The maximum atomic E-state index is 12.2. The first-order valence-corrected chi connectivity index (χ1v) is 7.40. The van der Waals surface area contributed by atoms with E-state index < -0.39 is 6.36 Å². The maximum Gasteiger partial charge on any atom is 0.573 e. The molecule has 0 bridgehead atoms. The number of ether oxygens (including phenoxy) is 1. The first-order chi connectivity index (χ1) is 9.81. The van der Waals surface area contributed by atoms with Crippen molar-refractivity contribution in [2.24, 2.45) is 5.92 Å². The minimum absolute atomic E-state index is 0.150. The highest BCUT2D eigenvalue weighted by molar-refractivity contribution is 5.28. The molecule has 21 heavy (non-hydrogen) atoms. The molecule has 1 atom stereocenters. The molecule has 5 heteroatoms. The Morgan fingerprint density at radius 2 is 1.95 bits per heavy atom. The number of benzene rings is 1. The van der Waals surface area contributed by atoms with E-state index in [0.717, 1.165) is 31.4 Å². The molecule has 2 nitrogen and oxygen atoms in total. The topological polar surface area (TPSA) is 21.3 Å². The van der Waals surface area contributed by atoms with Gasteiger partial charge in [0, 0.05) is 6.04 Å². The summed E-state index contributed by atoms with van der Waals surface area (Å²) in [5, 5.41) is 3.48. The summed E-state index contributed by atoms with van der Waals surface area (Å²) < 4.78 is 40.5. The molecule has 120 valence electrons. The minimum Gasteiger partial charge on any atom is -0.406 e. The van der Waals surface area contributed by atoms with Crippen LogP contribution in [0.2, 0.25) is 0 Å². The zero-order chi connectivity index (χ0) is 15.9. The van der Waals surface area contributed by atoms with Crippen LogP contribution in [0.1, 0.15) is 39.2 Å². The zero-order valence-corrected chi connectivity index (χ0v) is 12.8. The predicted molar refractivity (Wildman–Crippen MR) is 78.4 cm³/mol. The van der Waals surface area contributed by atoms with Gasteiger partial charge in [-0.3, -0.25) is 0 Å². The van der Waals surface area contributed by atoms with Gasteiger partial charge in [-0.2, -0.15) is 0 Å². The molecule has 0 saturated heterocycles. The molecule has 0 fully saturated rings. The van der Waals surface area contributed by atoms with E-state index in [4.69, 9.17) is 0 Å². The second-order valence-electron chi connectivity index (χ2n) is 5.54. The summed E-state index contributed by atoms with van der Waals surface area (Å²) in [5.74, 6) is 0.341. The third-order valence-electron chi connectivity index (χ3n) is 3.34. The first-order valence-electron chi connectivity index (χ1n) is 7.40. The number of hydrogen-bond acceptors (Lipinski definition) is 2. The second-order valence-corrected chi connectivity index (χ2v) is 5.54. The van der Waals surface area contributed by atoms with Gasteiger partial charge in [0.2, 0.25) is 0 Å². The molecular formula is C16H24F3NO. The molecule has 0 heterocycles. The largest absolute Gasteiger partial charge is 0.573 e. The van der Waals surface area contributed by atoms with Crippen molar-refractivity contribution in [2.75, 3.05) is 6.54 Å². The van der Waals surface area contributed by atoms with Crippen LogP contribution in [0, 0.1) is 5.92 Å². The lowest BCUT2D eigenvalue weighted by Gasteiger charge is -2.22. The lowest BCUT2D eigenvalue weighted by atomic mass is 9.96. The fourth-order valence-electron chi connectivity index (χ4n) is 2.22. The van der Waals surface area contributed by atoms with Gasteiger partial charge in [0.05, 0.1) is 0 Å². The Hall–Kier alpha value is -1.23. The van der Waals surface area contributed by atoms with Crippen LogP contribution in [0.4, 0.5) is 13.2 Å². The standard InChI is InChI=1S/C16H24F3NO/c1-4-10-20-15(12(2)3)9-8-13-6-5-7-14(11-13)21-16(17,18)19/h5-7,11-12,15,20H,4,8-10H2,1-3H3. The van der Waals surface area contributed by atoms with Crippen molar-refractivity contribution in [3.8, 4) is 5.75 Å². The number of hydrogen-bond donors (Lipinski definition) is 1. The highest BCUT2D eigenvalue weighted by Gasteiger charge is 2.31. The molecule has 1 unspecified atom stereocenters. The minimum atomic E-state index is -4.64. The normalized spacial score (nSPS) is 13.5. The molecule has 0 radical (unpaired) electrons. The number of aryl methyl sites for hydroxylation is 1. The molecule has 0 aromatic heterocycles. The molecule has 0 saturated carbocycles. The van der Waals surface area contributed by atoms with Crippen molar-refractivity contribution < 1.29 is 17.9 Å². The van der Waals surface area contributed by atoms with Crippen LogP contribution in [-0.4, -0.2) is 18.9 Å². The Bertz CT molecular complexity index is 418. The van der Waals surface area contributed by atoms with E-state index in [1.54, 1.807) is 6.07 Å². The van der Waals surface area contributed by atoms with Gasteiger partial charge < -0.3 is 10.1 Å². The Labute approximate surface area is 124 Å². The molecule has 1 rings (SSSR count). The van der Waals surface area contributed by atoms with Crippen LogP contribution in [0.25, 0.3) is 0 Å². The van der Waals surface area contributed by atoms with E-state index >= 15 is 0 Å². The fourth-order valence-corrected chi connectivity index (χ4v) is 2.22. The second kappa shape index (κ2) is 8.27. The molecular weight excluding hydrogens is 279 g/mol. The van der Waals surface area contributed by atoms with Crippen molar-refractivity contribution in [1.29, 1.82) is 0 Å². The van der Waals surface area contributed by atoms with Gasteiger partial charge in [-0.1, -0.05) is 32.9 Å². The maximum absolute atomic E-state index is 12.2. The van der Waals surface area contributed by atoms with Gasteiger partial charge in [0.25, 0.3) is 0 Å². The van der Waals surface area contributed by atoms with Crippen LogP contribution >= 0.6 is 0 Å². The summed E-state index contributed by atoms with van der Waals surface area (Å²) in [4.78, 5) is 0. The summed E-state index contributed by atoms with van der Waals surface area (Å²) >= 11 is 0. The monoisotopic (exact) mass is 303 g/mol. The number of rotatable bonds is 8. The molecule has 0 aliphatic heterocycles. The predicted octanol–water partition coefficient (Wildman–Crippen LogP) is 4.54. The molecule has 0 amide bonds. The van der Waals surface area contributed by atoms with Crippen molar-refractivity contribution in [2.45, 2.75) is 52.4 Å². The summed E-state index contributed by atoms with van der Waals surface area (Å²) in [7, 11) is 0. The summed E-state index contributed by atoms with van der Waals surface area (Å²) in [6.45, 7) is 7.37. The van der Waals surface area contributed by atoms with Gasteiger partial charge >= 0.3 is 6.36 Å². The third kappa shape index (κ3) is 7.37. The Morgan fingerprint density at radius 1 is 1.24 bits per heavy atom. The average Bonchev–Trinajstić information content (AvgIpc) is 2.36. The van der Waals surface area contributed by atoms with Crippen LogP contribution in [0.15, 0.2) is 24.3 Å². The Morgan fingerprint density at radius 3 is 2.52 bits per heavy atom. The zero-order valence-electron chi connectivity index (χ0n) is 12.8. The summed E-state index contributed by atoms with van der Waals surface area (Å²) in [5.41, 5.74) is 0.862. The van der Waals surface area contributed by atoms with Gasteiger partial charge in [-0.15, -0.1) is 13.2 Å². The van der Waals surface area contributed by atoms with E-state index in [1.165, 1.54) is 12.1 Å². The lowest BCUT2D eigenvalue weighted by molar-refractivity contribution is -0.274. The van der Waals surface area contributed by atoms with Crippen LogP contribution in [0.5, 0.6) is 5.75 Å². The van der Waals surface area contributed by atoms with Gasteiger partial charge in [0.15, 0.2) is 0 Å². The van der Waals surface area contributed by atoms with Crippen LogP contribution in [0.3, 0.4) is 0 Å². The summed E-state index contributed by atoms with van der Waals surface area (Å²) in [6, 6.07) is 6.59. The van der Waals surface area contributed by atoms with Crippen molar-refractivity contribution in [3.63, 3.8) is 0 Å². The van der Waals surface area contributed by atoms with E-state index in [9.17, 15) is 13.2 Å².